The van der Waals surface area contributed by atoms with Gasteiger partial charge in [-0.3, -0.25) is 0 Å². The van der Waals surface area contributed by atoms with E-state index in [-0.39, 0.29) is 5.28 Å². The predicted octanol–water partition coefficient (Wildman–Crippen LogP) is 1.08. The van der Waals surface area contributed by atoms with Gasteiger partial charge in [0.2, 0.25) is 5.28 Å². The largest absolute Gasteiger partial charge is 0.383 e. The van der Waals surface area contributed by atoms with Crippen LogP contribution in [0.5, 0.6) is 0 Å². The van der Waals surface area contributed by atoms with E-state index in [4.69, 9.17) is 16.3 Å². The molecule has 0 aliphatic carbocycles. The number of imidazole rings is 1. The average Bonchev–Trinajstić information content (AvgIpc) is 2.76. The van der Waals surface area contributed by atoms with Gasteiger partial charge in [0.15, 0.2) is 17.0 Å². The van der Waals surface area contributed by atoms with Crippen molar-refractivity contribution in [1.29, 1.82) is 0 Å². The Hall–Kier alpha value is -1.44. The molecule has 8 heteroatoms. The maximum absolute atomic E-state index is 10.2. The number of rotatable bonds is 2. The maximum Gasteiger partial charge on any atom is 0.226 e. The number of fused-ring (bicyclic) bond motifs is 1. The molecular formula is C13H18ClN5O2. The minimum atomic E-state index is -1.07. The lowest BCUT2D eigenvalue weighted by molar-refractivity contribution is 0.0663. The van der Waals surface area contributed by atoms with Crippen molar-refractivity contribution in [1.82, 2.24) is 19.5 Å². The van der Waals surface area contributed by atoms with Gasteiger partial charge in [-0.15, -0.1) is 0 Å². The van der Waals surface area contributed by atoms with Crippen LogP contribution in [0.2, 0.25) is 5.28 Å². The number of anilines is 1. The van der Waals surface area contributed by atoms with E-state index >= 15 is 0 Å². The van der Waals surface area contributed by atoms with Gasteiger partial charge in [0.25, 0.3) is 0 Å². The number of morpholine rings is 1. The summed E-state index contributed by atoms with van der Waals surface area (Å²) in [5.41, 5.74) is 0.207. The molecule has 2 aromatic rings. The highest BCUT2D eigenvalue weighted by molar-refractivity contribution is 6.28. The Kier molecular flexibility index (Phi) is 3.51. The summed E-state index contributed by atoms with van der Waals surface area (Å²) >= 11 is 6.05. The highest BCUT2D eigenvalue weighted by Crippen LogP contribution is 2.29. The molecule has 114 valence electrons. The summed E-state index contributed by atoms with van der Waals surface area (Å²) < 4.78 is 7.12. The SMILES string of the molecule is Cn1c(C(C)(C)O)nc2c(N3CCOCC3)nc(Cl)nc21. The number of halogens is 1. The topological polar surface area (TPSA) is 76.3 Å². The lowest BCUT2D eigenvalue weighted by atomic mass is 10.1. The Morgan fingerprint density at radius 1 is 1.19 bits per heavy atom. The molecule has 3 rings (SSSR count). The van der Waals surface area contributed by atoms with Gasteiger partial charge in [0, 0.05) is 20.1 Å². The summed E-state index contributed by atoms with van der Waals surface area (Å²) in [7, 11) is 1.81. The lowest BCUT2D eigenvalue weighted by Gasteiger charge is -2.27. The molecule has 7 nitrogen and oxygen atoms in total. The molecule has 1 fully saturated rings. The predicted molar refractivity (Wildman–Crippen MR) is 79.6 cm³/mol. The summed E-state index contributed by atoms with van der Waals surface area (Å²) in [6.07, 6.45) is 0. The van der Waals surface area contributed by atoms with Crippen molar-refractivity contribution in [3.63, 3.8) is 0 Å². The molecule has 0 atom stereocenters. The molecule has 0 radical (unpaired) electrons. The third kappa shape index (κ3) is 2.56. The first-order valence-electron chi connectivity index (χ1n) is 6.83. The Labute approximate surface area is 127 Å². The Bertz CT molecular complexity index is 673. The molecule has 1 aliphatic heterocycles. The van der Waals surface area contributed by atoms with E-state index in [9.17, 15) is 5.11 Å². The molecule has 1 N–H and O–H groups in total. The van der Waals surface area contributed by atoms with E-state index < -0.39 is 5.60 Å². The Balaban J connectivity index is 2.20. The molecule has 0 saturated carbocycles. The monoisotopic (exact) mass is 311 g/mol. The first-order chi connectivity index (χ1) is 9.88. The summed E-state index contributed by atoms with van der Waals surface area (Å²) in [5, 5.41) is 10.4. The zero-order valence-corrected chi connectivity index (χ0v) is 13.1. The van der Waals surface area contributed by atoms with Crippen molar-refractivity contribution in [3.8, 4) is 0 Å². The molecule has 0 spiro atoms. The van der Waals surface area contributed by atoms with Gasteiger partial charge in [-0.2, -0.15) is 9.97 Å². The van der Waals surface area contributed by atoms with Crippen LogP contribution < -0.4 is 4.90 Å². The highest BCUT2D eigenvalue weighted by Gasteiger charge is 2.27. The molecule has 0 amide bonds. The van der Waals surface area contributed by atoms with Gasteiger partial charge in [0.1, 0.15) is 11.4 Å². The van der Waals surface area contributed by atoms with Crippen LogP contribution in [-0.4, -0.2) is 50.9 Å². The third-order valence-corrected chi connectivity index (χ3v) is 3.70. The number of aliphatic hydroxyl groups is 1. The fraction of sp³-hybridized carbons (Fsp3) is 0.615. The van der Waals surface area contributed by atoms with Gasteiger partial charge in [-0.25, -0.2) is 4.98 Å². The zero-order valence-electron chi connectivity index (χ0n) is 12.3. The van der Waals surface area contributed by atoms with E-state index in [0.29, 0.717) is 36.0 Å². The number of hydrogen-bond donors (Lipinski definition) is 1. The summed E-state index contributed by atoms with van der Waals surface area (Å²) in [6, 6.07) is 0. The van der Waals surface area contributed by atoms with Crippen LogP contribution in [0.15, 0.2) is 0 Å². The molecule has 0 unspecified atom stereocenters. The quantitative estimate of drug-likeness (QED) is 0.836. The van der Waals surface area contributed by atoms with Gasteiger partial charge < -0.3 is 19.3 Å². The van der Waals surface area contributed by atoms with Crippen LogP contribution in [0.1, 0.15) is 19.7 Å². The van der Waals surface area contributed by atoms with Gasteiger partial charge >= 0.3 is 0 Å². The smallest absolute Gasteiger partial charge is 0.226 e. The van der Waals surface area contributed by atoms with Crippen molar-refractivity contribution >= 4 is 28.6 Å². The fourth-order valence-corrected chi connectivity index (χ4v) is 2.72. The van der Waals surface area contributed by atoms with Gasteiger partial charge in [-0.1, -0.05) is 0 Å². The first-order valence-corrected chi connectivity index (χ1v) is 7.21. The van der Waals surface area contributed by atoms with Crippen molar-refractivity contribution in [2.45, 2.75) is 19.4 Å². The van der Waals surface area contributed by atoms with Crippen LogP contribution in [0, 0.1) is 0 Å². The van der Waals surface area contributed by atoms with E-state index in [1.54, 1.807) is 18.4 Å². The van der Waals surface area contributed by atoms with Gasteiger partial charge in [0.05, 0.1) is 13.2 Å². The summed E-state index contributed by atoms with van der Waals surface area (Å²) in [6.45, 7) is 6.14. The van der Waals surface area contributed by atoms with E-state index in [1.165, 1.54) is 0 Å². The second kappa shape index (κ2) is 5.08. The normalized spacial score (nSPS) is 16.7. The van der Waals surface area contributed by atoms with Crippen LogP contribution >= 0.6 is 11.6 Å². The molecule has 1 saturated heterocycles. The number of ether oxygens (including phenoxy) is 1. The highest BCUT2D eigenvalue weighted by atomic mass is 35.5. The van der Waals surface area contributed by atoms with E-state index in [2.05, 4.69) is 19.9 Å². The van der Waals surface area contributed by atoms with Crippen LogP contribution in [0.3, 0.4) is 0 Å². The molecule has 0 bridgehead atoms. The number of aromatic nitrogens is 4. The number of hydrogen-bond acceptors (Lipinski definition) is 6. The minimum absolute atomic E-state index is 0.175. The number of aryl methyl sites for hydroxylation is 1. The van der Waals surface area contributed by atoms with Crippen LogP contribution in [0.25, 0.3) is 11.2 Å². The van der Waals surface area contributed by atoms with E-state index in [0.717, 1.165) is 13.1 Å². The molecule has 2 aromatic heterocycles. The van der Waals surface area contributed by atoms with Crippen molar-refractivity contribution < 1.29 is 9.84 Å². The molecule has 0 aromatic carbocycles. The Morgan fingerprint density at radius 2 is 1.86 bits per heavy atom. The van der Waals surface area contributed by atoms with Crippen molar-refractivity contribution in [2.75, 3.05) is 31.2 Å². The Morgan fingerprint density at radius 3 is 2.48 bits per heavy atom. The summed E-state index contributed by atoms with van der Waals surface area (Å²) in [4.78, 5) is 15.2. The third-order valence-electron chi connectivity index (χ3n) is 3.53. The fourth-order valence-electron chi connectivity index (χ4n) is 2.56. The number of nitrogens with zero attached hydrogens (tertiary/aromatic N) is 5. The molecule has 21 heavy (non-hydrogen) atoms. The standard InChI is InChI=1S/C13H18ClN5O2/c1-13(2,20)11-15-8-9(18(11)3)16-12(14)17-10(8)19-4-6-21-7-5-19/h20H,4-7H2,1-3H3. The van der Waals surface area contributed by atoms with Crippen molar-refractivity contribution in [3.05, 3.63) is 11.1 Å². The maximum atomic E-state index is 10.2. The second-order valence-corrected chi connectivity index (χ2v) is 5.98. The molecule has 3 heterocycles. The second-order valence-electron chi connectivity index (χ2n) is 5.64. The molecular weight excluding hydrogens is 294 g/mol. The average molecular weight is 312 g/mol. The molecule has 1 aliphatic rings. The van der Waals surface area contributed by atoms with Crippen LogP contribution in [0.4, 0.5) is 5.82 Å². The summed E-state index contributed by atoms with van der Waals surface area (Å²) in [5.74, 6) is 1.22. The van der Waals surface area contributed by atoms with Gasteiger partial charge in [-0.05, 0) is 25.4 Å². The minimum Gasteiger partial charge on any atom is -0.383 e. The zero-order chi connectivity index (χ0) is 15.2. The lowest BCUT2D eigenvalue weighted by Crippen LogP contribution is -2.37. The van der Waals surface area contributed by atoms with Crippen LogP contribution in [-0.2, 0) is 17.4 Å². The first kappa shape index (κ1) is 14.5. The van der Waals surface area contributed by atoms with Crippen molar-refractivity contribution in [2.24, 2.45) is 7.05 Å². The van der Waals surface area contributed by atoms with E-state index in [1.807, 2.05) is 7.05 Å².